The van der Waals surface area contributed by atoms with Gasteiger partial charge in [-0.05, 0) is 50.6 Å². The highest BCUT2D eigenvalue weighted by Crippen LogP contribution is 2.32. The molecule has 6 nitrogen and oxygen atoms in total. The third-order valence-corrected chi connectivity index (χ3v) is 4.33. The quantitative estimate of drug-likeness (QED) is 0.732. The highest BCUT2D eigenvalue weighted by atomic mass is 16.7. The summed E-state index contributed by atoms with van der Waals surface area (Å²) < 4.78 is 15.9. The lowest BCUT2D eigenvalue weighted by atomic mass is 10.1. The van der Waals surface area contributed by atoms with E-state index in [1.54, 1.807) is 17.0 Å². The van der Waals surface area contributed by atoms with Crippen molar-refractivity contribution < 1.29 is 23.8 Å². The number of hydrogen-bond acceptors (Lipinski definition) is 5. The van der Waals surface area contributed by atoms with E-state index in [-0.39, 0.29) is 19.3 Å². The second kappa shape index (κ2) is 8.12. The first kappa shape index (κ1) is 18.8. The van der Waals surface area contributed by atoms with Gasteiger partial charge in [0.2, 0.25) is 6.79 Å². The van der Waals surface area contributed by atoms with E-state index >= 15 is 0 Å². The molecule has 6 heteroatoms. The van der Waals surface area contributed by atoms with Crippen molar-refractivity contribution in [2.75, 3.05) is 19.9 Å². The number of carbonyl (C=O) groups is 2. The molecule has 3 rings (SSSR count). The number of nitrogens with zero attached hydrogens (tertiary/aromatic N) is 1. The first-order valence-corrected chi connectivity index (χ1v) is 8.88. The Morgan fingerprint density at radius 2 is 1.74 bits per heavy atom. The van der Waals surface area contributed by atoms with E-state index in [1.807, 2.05) is 45.0 Å². The molecule has 0 unspecified atom stereocenters. The number of hydrogen-bond donors (Lipinski definition) is 0. The minimum atomic E-state index is -0.491. The van der Waals surface area contributed by atoms with Crippen LogP contribution in [0.3, 0.4) is 0 Å². The topological polar surface area (TPSA) is 65.1 Å². The zero-order valence-electron chi connectivity index (χ0n) is 15.8. The maximum atomic E-state index is 12.5. The molecule has 1 amide bonds. The van der Waals surface area contributed by atoms with Crippen molar-refractivity contribution in [3.05, 3.63) is 58.7 Å². The molecule has 0 radical (unpaired) electrons. The van der Waals surface area contributed by atoms with Gasteiger partial charge >= 0.3 is 5.97 Å². The minimum Gasteiger partial charge on any atom is -0.454 e. The molecule has 1 heterocycles. The molecule has 2 aromatic carbocycles. The smallest absolute Gasteiger partial charge is 0.338 e. The molecule has 0 saturated carbocycles. The first-order valence-electron chi connectivity index (χ1n) is 8.88. The molecule has 142 valence electrons. The number of ether oxygens (including phenoxy) is 3. The average molecular weight is 369 g/mol. The summed E-state index contributed by atoms with van der Waals surface area (Å²) in [5, 5.41) is 0. The van der Waals surface area contributed by atoms with Crippen LogP contribution in [-0.4, -0.2) is 36.7 Å². The molecular formula is C21H23NO5. The predicted molar refractivity (Wildman–Crippen MR) is 99.9 cm³/mol. The van der Waals surface area contributed by atoms with Gasteiger partial charge in [0.1, 0.15) is 0 Å². The fraction of sp³-hybridized carbons (Fsp3) is 0.333. The van der Waals surface area contributed by atoms with Gasteiger partial charge in [0.15, 0.2) is 18.1 Å². The Morgan fingerprint density at radius 1 is 1.04 bits per heavy atom. The van der Waals surface area contributed by atoms with E-state index in [1.165, 1.54) is 0 Å². The second-order valence-corrected chi connectivity index (χ2v) is 6.55. The summed E-state index contributed by atoms with van der Waals surface area (Å²) in [6.07, 6.45) is 0. The molecule has 0 N–H and O–H groups in total. The Morgan fingerprint density at radius 3 is 2.44 bits per heavy atom. The van der Waals surface area contributed by atoms with Crippen LogP contribution in [0.1, 0.15) is 34.0 Å². The molecule has 0 saturated heterocycles. The third-order valence-electron chi connectivity index (χ3n) is 4.33. The van der Waals surface area contributed by atoms with E-state index < -0.39 is 5.97 Å². The van der Waals surface area contributed by atoms with Crippen LogP contribution in [-0.2, 0) is 16.1 Å². The van der Waals surface area contributed by atoms with Gasteiger partial charge in [-0.15, -0.1) is 0 Å². The molecule has 0 aromatic heterocycles. The fourth-order valence-electron chi connectivity index (χ4n) is 3.03. The molecule has 2 aromatic rings. The second-order valence-electron chi connectivity index (χ2n) is 6.55. The third kappa shape index (κ3) is 4.58. The van der Waals surface area contributed by atoms with Crippen LogP contribution in [0.5, 0.6) is 11.5 Å². The number of fused-ring (bicyclic) bond motifs is 1. The zero-order chi connectivity index (χ0) is 19.4. The van der Waals surface area contributed by atoms with Gasteiger partial charge in [0.05, 0.1) is 5.56 Å². The summed E-state index contributed by atoms with van der Waals surface area (Å²) in [5.74, 6) is 0.648. The fourth-order valence-corrected chi connectivity index (χ4v) is 3.03. The zero-order valence-corrected chi connectivity index (χ0v) is 15.8. The van der Waals surface area contributed by atoms with Crippen LogP contribution in [0.15, 0.2) is 36.4 Å². The molecule has 0 bridgehead atoms. The highest BCUT2D eigenvalue weighted by molar-refractivity contribution is 5.91. The number of esters is 1. The molecule has 0 fully saturated rings. The van der Waals surface area contributed by atoms with Gasteiger partial charge in [-0.1, -0.05) is 23.3 Å². The molecule has 0 atom stereocenters. The number of amides is 1. The van der Waals surface area contributed by atoms with Gasteiger partial charge in [-0.2, -0.15) is 0 Å². The molecule has 0 aliphatic carbocycles. The average Bonchev–Trinajstić information content (AvgIpc) is 3.10. The highest BCUT2D eigenvalue weighted by Gasteiger charge is 2.18. The van der Waals surface area contributed by atoms with E-state index in [0.29, 0.717) is 30.2 Å². The van der Waals surface area contributed by atoms with Crippen molar-refractivity contribution in [1.82, 2.24) is 4.90 Å². The molecule has 1 aliphatic rings. The Hall–Kier alpha value is -3.02. The maximum Gasteiger partial charge on any atom is 0.338 e. The molecular weight excluding hydrogens is 346 g/mol. The number of likely N-dealkylation sites (N-methyl/N-ethyl adjacent to an activating group) is 1. The van der Waals surface area contributed by atoms with Gasteiger partial charge < -0.3 is 19.1 Å². The van der Waals surface area contributed by atoms with Crippen LogP contribution in [0.2, 0.25) is 0 Å². The Labute approximate surface area is 158 Å². The summed E-state index contributed by atoms with van der Waals surface area (Å²) in [6.45, 7) is 6.56. The van der Waals surface area contributed by atoms with Crippen molar-refractivity contribution in [3.8, 4) is 11.5 Å². The van der Waals surface area contributed by atoms with Gasteiger partial charge in [0, 0.05) is 13.1 Å². The van der Waals surface area contributed by atoms with Crippen molar-refractivity contribution in [2.45, 2.75) is 27.3 Å². The largest absolute Gasteiger partial charge is 0.454 e. The normalized spacial score (nSPS) is 12.0. The number of rotatable bonds is 6. The SMILES string of the molecule is CCN(Cc1ccc2c(c1)OCO2)C(=O)COC(=O)c1cc(C)cc(C)c1. The molecule has 27 heavy (non-hydrogen) atoms. The number of benzene rings is 2. The van der Waals surface area contributed by atoms with Crippen molar-refractivity contribution in [3.63, 3.8) is 0 Å². The molecule has 1 aliphatic heterocycles. The van der Waals surface area contributed by atoms with Crippen LogP contribution >= 0.6 is 0 Å². The van der Waals surface area contributed by atoms with Crippen LogP contribution in [0.4, 0.5) is 0 Å². The summed E-state index contributed by atoms with van der Waals surface area (Å²) in [7, 11) is 0. The van der Waals surface area contributed by atoms with Gasteiger partial charge in [-0.25, -0.2) is 4.79 Å². The summed E-state index contributed by atoms with van der Waals surface area (Å²) in [4.78, 5) is 26.3. The van der Waals surface area contributed by atoms with Crippen molar-refractivity contribution >= 4 is 11.9 Å². The predicted octanol–water partition coefficient (Wildman–Crippen LogP) is 3.24. The summed E-state index contributed by atoms with van der Waals surface area (Å²) in [6, 6.07) is 11.1. The standard InChI is InChI=1S/C21H23NO5/c1-4-22(11-16-5-6-18-19(10-16)27-13-26-18)20(23)12-25-21(24)17-8-14(2)7-15(3)9-17/h5-10H,4,11-13H2,1-3H3. The maximum absolute atomic E-state index is 12.5. The molecule has 0 spiro atoms. The lowest BCUT2D eigenvalue weighted by Gasteiger charge is -2.21. The summed E-state index contributed by atoms with van der Waals surface area (Å²) in [5.41, 5.74) is 3.34. The minimum absolute atomic E-state index is 0.212. The lowest BCUT2D eigenvalue weighted by molar-refractivity contribution is -0.134. The van der Waals surface area contributed by atoms with Crippen LogP contribution < -0.4 is 9.47 Å². The van der Waals surface area contributed by atoms with Crippen molar-refractivity contribution in [1.29, 1.82) is 0 Å². The van der Waals surface area contributed by atoms with E-state index in [9.17, 15) is 9.59 Å². The van der Waals surface area contributed by atoms with E-state index in [0.717, 1.165) is 16.7 Å². The first-order chi connectivity index (χ1) is 13.0. The van der Waals surface area contributed by atoms with Crippen LogP contribution in [0, 0.1) is 13.8 Å². The van der Waals surface area contributed by atoms with Gasteiger partial charge in [0.25, 0.3) is 5.91 Å². The van der Waals surface area contributed by atoms with E-state index in [2.05, 4.69) is 0 Å². The number of aryl methyl sites for hydroxylation is 2. The Kier molecular flexibility index (Phi) is 5.64. The summed E-state index contributed by atoms with van der Waals surface area (Å²) >= 11 is 0. The van der Waals surface area contributed by atoms with E-state index in [4.69, 9.17) is 14.2 Å². The van der Waals surface area contributed by atoms with Crippen LogP contribution in [0.25, 0.3) is 0 Å². The monoisotopic (exact) mass is 369 g/mol. The Balaban J connectivity index is 1.59. The number of carbonyl (C=O) groups excluding carboxylic acids is 2. The Bertz CT molecular complexity index is 841. The lowest BCUT2D eigenvalue weighted by Crippen LogP contribution is -2.34. The van der Waals surface area contributed by atoms with Gasteiger partial charge in [-0.3, -0.25) is 4.79 Å². The van der Waals surface area contributed by atoms with Crippen molar-refractivity contribution in [2.24, 2.45) is 0 Å².